The Kier molecular flexibility index (Phi) is 9.53. The van der Waals surface area contributed by atoms with E-state index in [1.54, 1.807) is 42.5 Å². The Labute approximate surface area is 277 Å². The summed E-state index contributed by atoms with van der Waals surface area (Å²) in [5.41, 5.74) is 4.71. The summed E-state index contributed by atoms with van der Waals surface area (Å²) in [4.78, 5) is 46.9. The number of rotatable bonds is 10. The van der Waals surface area contributed by atoms with E-state index < -0.39 is 18.0 Å². The van der Waals surface area contributed by atoms with Gasteiger partial charge in [-0.05, 0) is 66.6 Å². The molecule has 6 rings (SSSR count). The normalized spacial score (nSPS) is 11.7. The summed E-state index contributed by atoms with van der Waals surface area (Å²) in [5.74, 6) is -0.0215. The molecule has 0 bridgehead atoms. The number of halogens is 1. The van der Waals surface area contributed by atoms with Crippen LogP contribution in [0.3, 0.4) is 0 Å². The maximum Gasteiger partial charge on any atom is 0.413 e. The van der Waals surface area contributed by atoms with Gasteiger partial charge in [0.1, 0.15) is 11.8 Å². The number of aromatic nitrogens is 2. The van der Waals surface area contributed by atoms with Crippen molar-refractivity contribution < 1.29 is 19.1 Å². The second-order valence-corrected chi connectivity index (χ2v) is 13.1. The Morgan fingerprint density at radius 3 is 2.63 bits per heavy atom. The number of carbonyl (C=O) groups excluding carboxylic acids is 3. The molecule has 3 amide bonds. The number of hydrogen-bond acceptors (Lipinski definition) is 7. The molecule has 12 heteroatoms. The molecule has 46 heavy (non-hydrogen) atoms. The SMILES string of the molecule is Cc1ccc(Cl)cc1NC(=O)CSc1nc2ccc(NC(=O)[C@H](Cc3c[nH]c4ccccc34)NC(=O)Oc3ccccc3)cc2s1. The van der Waals surface area contributed by atoms with Gasteiger partial charge in [-0.3, -0.25) is 9.59 Å². The summed E-state index contributed by atoms with van der Waals surface area (Å²) in [6, 6.07) is 26.3. The number of thiazole rings is 1. The number of carbonyl (C=O) groups is 3. The Hall–Kier alpha value is -4.84. The lowest BCUT2D eigenvalue weighted by Gasteiger charge is -2.18. The summed E-state index contributed by atoms with van der Waals surface area (Å²) < 4.78 is 6.98. The highest BCUT2D eigenvalue weighted by Crippen LogP contribution is 2.32. The lowest BCUT2D eigenvalue weighted by Crippen LogP contribution is -2.46. The number of anilines is 2. The first-order chi connectivity index (χ1) is 22.3. The van der Waals surface area contributed by atoms with Crippen LogP contribution in [0, 0.1) is 6.92 Å². The van der Waals surface area contributed by atoms with E-state index in [1.807, 2.05) is 61.7 Å². The molecule has 0 fully saturated rings. The Morgan fingerprint density at radius 2 is 1.78 bits per heavy atom. The molecule has 9 nitrogen and oxygen atoms in total. The smallest absolute Gasteiger partial charge is 0.410 e. The molecular formula is C34H28ClN5O4S2. The fourth-order valence-corrected chi connectivity index (χ4v) is 6.89. The molecule has 0 aliphatic rings. The summed E-state index contributed by atoms with van der Waals surface area (Å²) in [5, 5.41) is 10.1. The molecule has 0 aliphatic carbocycles. The van der Waals surface area contributed by atoms with Crippen molar-refractivity contribution in [3.8, 4) is 5.75 Å². The molecule has 0 saturated heterocycles. The minimum atomic E-state index is -0.930. The molecule has 4 N–H and O–H groups in total. The van der Waals surface area contributed by atoms with Gasteiger partial charge in [0, 0.05) is 39.9 Å². The second kappa shape index (κ2) is 14.1. The molecule has 0 radical (unpaired) electrons. The van der Waals surface area contributed by atoms with Crippen molar-refractivity contribution in [2.75, 3.05) is 16.4 Å². The number of amides is 3. The highest BCUT2D eigenvalue weighted by molar-refractivity contribution is 8.01. The van der Waals surface area contributed by atoms with Crippen LogP contribution in [0.1, 0.15) is 11.1 Å². The zero-order valence-corrected chi connectivity index (χ0v) is 26.9. The molecule has 2 aromatic heterocycles. The summed E-state index contributed by atoms with van der Waals surface area (Å²) >= 11 is 8.82. The minimum absolute atomic E-state index is 0.165. The molecule has 0 aliphatic heterocycles. The van der Waals surface area contributed by atoms with Crippen molar-refractivity contribution in [2.24, 2.45) is 0 Å². The van der Waals surface area contributed by atoms with Gasteiger partial charge in [0.2, 0.25) is 11.8 Å². The van der Waals surface area contributed by atoms with Gasteiger partial charge in [-0.1, -0.05) is 65.8 Å². The summed E-state index contributed by atoms with van der Waals surface area (Å²) in [7, 11) is 0. The van der Waals surface area contributed by atoms with Crippen molar-refractivity contribution in [3.63, 3.8) is 0 Å². The number of hydrogen-bond donors (Lipinski definition) is 4. The largest absolute Gasteiger partial charge is 0.413 e. The zero-order chi connectivity index (χ0) is 32.0. The van der Waals surface area contributed by atoms with E-state index in [0.717, 1.165) is 36.6 Å². The number of benzene rings is 4. The lowest BCUT2D eigenvalue weighted by molar-refractivity contribution is -0.118. The van der Waals surface area contributed by atoms with Crippen LogP contribution in [0.25, 0.3) is 21.1 Å². The van der Waals surface area contributed by atoms with Gasteiger partial charge in [-0.2, -0.15) is 0 Å². The van der Waals surface area contributed by atoms with Gasteiger partial charge in [-0.15, -0.1) is 11.3 Å². The number of nitrogens with one attached hydrogen (secondary N) is 4. The number of aromatic amines is 1. The van der Waals surface area contributed by atoms with Crippen LogP contribution >= 0.6 is 34.7 Å². The third kappa shape index (κ3) is 7.68. The first kappa shape index (κ1) is 31.2. The number of H-pyrrole nitrogens is 1. The Bertz CT molecular complexity index is 2050. The van der Waals surface area contributed by atoms with Gasteiger partial charge < -0.3 is 25.7 Å². The molecule has 1 atom stereocenters. The van der Waals surface area contributed by atoms with Crippen molar-refractivity contribution >= 4 is 85.1 Å². The average molecular weight is 670 g/mol. The first-order valence-corrected chi connectivity index (χ1v) is 16.5. The van der Waals surface area contributed by atoms with Crippen LogP contribution in [0.4, 0.5) is 16.2 Å². The van der Waals surface area contributed by atoms with E-state index in [1.165, 1.54) is 23.1 Å². The average Bonchev–Trinajstić information content (AvgIpc) is 3.65. The van der Waals surface area contributed by atoms with Crippen molar-refractivity contribution in [1.29, 1.82) is 0 Å². The standard InChI is InChI=1S/C34H28ClN5O4S2/c1-20-11-12-22(35)16-28(20)38-31(41)19-45-34-40-27-14-13-23(17-30(27)46-34)37-32(42)29(39-33(43)44-24-7-3-2-4-8-24)15-21-18-36-26-10-6-5-9-25(21)26/h2-14,16-18,29,36H,15,19H2,1H3,(H,37,42)(H,38,41)(H,39,43)/t29-/m0/s1. The van der Waals surface area contributed by atoms with Crippen molar-refractivity contribution in [3.05, 3.63) is 113 Å². The molecular weight excluding hydrogens is 642 g/mol. The van der Waals surface area contributed by atoms with Crippen LogP contribution in [0.5, 0.6) is 5.75 Å². The molecule has 2 heterocycles. The van der Waals surface area contributed by atoms with Gasteiger partial charge in [0.05, 0.1) is 16.0 Å². The second-order valence-electron chi connectivity index (χ2n) is 10.4. The zero-order valence-electron chi connectivity index (χ0n) is 24.5. The van der Waals surface area contributed by atoms with Crippen LogP contribution in [-0.2, 0) is 16.0 Å². The summed E-state index contributed by atoms with van der Waals surface area (Å²) in [6.45, 7) is 1.90. The number of nitrogens with zero attached hydrogens (tertiary/aromatic N) is 1. The Morgan fingerprint density at radius 1 is 0.978 bits per heavy atom. The molecule has 6 aromatic rings. The van der Waals surface area contributed by atoms with Crippen LogP contribution < -0.4 is 20.7 Å². The van der Waals surface area contributed by atoms with Gasteiger partial charge in [-0.25, -0.2) is 9.78 Å². The quantitative estimate of drug-likeness (QED) is 0.110. The van der Waals surface area contributed by atoms with E-state index >= 15 is 0 Å². The van der Waals surface area contributed by atoms with Crippen molar-refractivity contribution in [1.82, 2.24) is 15.3 Å². The predicted molar refractivity (Wildman–Crippen MR) is 185 cm³/mol. The van der Waals surface area contributed by atoms with Gasteiger partial charge in [0.15, 0.2) is 4.34 Å². The third-order valence-electron chi connectivity index (χ3n) is 7.10. The fraction of sp³-hybridized carbons (Fsp3) is 0.118. The van der Waals surface area contributed by atoms with Crippen molar-refractivity contribution in [2.45, 2.75) is 23.7 Å². The van der Waals surface area contributed by atoms with Gasteiger partial charge >= 0.3 is 6.09 Å². The predicted octanol–water partition coefficient (Wildman–Crippen LogP) is 7.81. The molecule has 232 valence electrons. The number of fused-ring (bicyclic) bond motifs is 2. The van der Waals surface area contributed by atoms with E-state index in [9.17, 15) is 14.4 Å². The number of ether oxygens (including phenoxy) is 1. The van der Waals surface area contributed by atoms with Crippen LogP contribution in [0.2, 0.25) is 5.02 Å². The maximum absolute atomic E-state index is 13.6. The van der Waals surface area contributed by atoms with E-state index in [4.69, 9.17) is 16.3 Å². The fourth-order valence-electron chi connectivity index (χ4n) is 4.81. The minimum Gasteiger partial charge on any atom is -0.410 e. The lowest BCUT2D eigenvalue weighted by atomic mass is 10.0. The van der Waals surface area contributed by atoms with Crippen LogP contribution in [-0.4, -0.2) is 39.7 Å². The molecule has 0 spiro atoms. The van der Waals surface area contributed by atoms with E-state index in [-0.39, 0.29) is 18.1 Å². The Balaban J connectivity index is 1.14. The first-order valence-electron chi connectivity index (χ1n) is 14.3. The topological polar surface area (TPSA) is 125 Å². The van der Waals surface area contributed by atoms with E-state index in [0.29, 0.717) is 22.1 Å². The number of aryl methyl sites for hydroxylation is 1. The highest BCUT2D eigenvalue weighted by atomic mass is 35.5. The molecule has 0 saturated carbocycles. The number of thioether (sulfide) groups is 1. The monoisotopic (exact) mass is 669 g/mol. The van der Waals surface area contributed by atoms with E-state index in [2.05, 4.69) is 25.9 Å². The number of para-hydroxylation sites is 2. The van der Waals surface area contributed by atoms with Gasteiger partial charge in [0.25, 0.3) is 0 Å². The highest BCUT2D eigenvalue weighted by Gasteiger charge is 2.24. The van der Waals surface area contributed by atoms with Crippen LogP contribution in [0.15, 0.2) is 102 Å². The third-order valence-corrected chi connectivity index (χ3v) is 9.49. The molecule has 4 aromatic carbocycles. The molecule has 0 unspecified atom stereocenters. The summed E-state index contributed by atoms with van der Waals surface area (Å²) in [6.07, 6.45) is 1.34. The maximum atomic E-state index is 13.6.